The van der Waals surface area contributed by atoms with E-state index in [1.807, 2.05) is 53.9 Å². The molecule has 0 fully saturated rings. The number of hydrogen-bond acceptors (Lipinski definition) is 4. The topological polar surface area (TPSA) is 38.7 Å². The number of hydrogen-bond donors (Lipinski definition) is 0. The normalized spacial score (nSPS) is 10.9. The molecule has 0 saturated carbocycles. The van der Waals surface area contributed by atoms with Gasteiger partial charge in [-0.3, -0.25) is 4.98 Å². The Balaban J connectivity index is 0.000000145. The monoisotopic (exact) mass is 606 g/mol. The Hall–Kier alpha value is -3.24. The molecule has 5 heteroatoms. The van der Waals surface area contributed by atoms with Gasteiger partial charge in [0.05, 0.1) is 0 Å². The van der Waals surface area contributed by atoms with Gasteiger partial charge in [0, 0.05) is 37.2 Å². The summed E-state index contributed by atoms with van der Waals surface area (Å²) in [7, 11) is 0. The Bertz CT molecular complexity index is 1510. The van der Waals surface area contributed by atoms with Crippen molar-refractivity contribution in [1.29, 1.82) is 0 Å². The Kier molecular flexibility index (Phi) is 5.62. The average molecular weight is 606 g/mol. The largest absolute Gasteiger partial charge is 0.321 e. The van der Waals surface area contributed by atoms with Gasteiger partial charge in [-0.15, -0.1) is 29.7 Å². The average Bonchev–Trinajstić information content (AvgIpc) is 3.25. The van der Waals surface area contributed by atoms with Crippen LogP contribution < -0.4 is 0 Å². The first-order valence-corrected chi connectivity index (χ1v) is 10.8. The van der Waals surface area contributed by atoms with Crippen LogP contribution in [0.3, 0.4) is 0 Å². The van der Waals surface area contributed by atoms with Gasteiger partial charge in [0.15, 0.2) is 0 Å². The number of aromatic nitrogens is 3. The van der Waals surface area contributed by atoms with Crippen LogP contribution in [0.5, 0.6) is 0 Å². The van der Waals surface area contributed by atoms with Crippen molar-refractivity contribution in [3.8, 4) is 11.3 Å². The zero-order valence-electron chi connectivity index (χ0n) is 16.7. The van der Waals surface area contributed by atoms with Gasteiger partial charge in [-0.2, -0.15) is 23.0 Å². The molecule has 0 amide bonds. The van der Waals surface area contributed by atoms with Crippen molar-refractivity contribution in [2.24, 2.45) is 0 Å². The fourth-order valence-electron chi connectivity index (χ4n) is 4.04. The minimum Gasteiger partial charge on any atom is -0.321 e. The van der Waals surface area contributed by atoms with Crippen LogP contribution in [-0.2, 0) is 20.1 Å². The van der Waals surface area contributed by atoms with Crippen LogP contribution in [0.15, 0.2) is 91.5 Å². The molecule has 0 aliphatic rings. The van der Waals surface area contributed by atoms with Gasteiger partial charge in [-0.1, -0.05) is 35.7 Å². The molecule has 32 heavy (non-hydrogen) atoms. The van der Waals surface area contributed by atoms with E-state index in [9.17, 15) is 0 Å². The van der Waals surface area contributed by atoms with Crippen LogP contribution in [0, 0.1) is 12.1 Å². The number of pyridine rings is 3. The molecule has 0 spiro atoms. The number of thiophene rings is 1. The van der Waals surface area contributed by atoms with Crippen molar-refractivity contribution in [3.63, 3.8) is 0 Å². The van der Waals surface area contributed by atoms with Gasteiger partial charge in [-0.25, -0.2) is 0 Å². The summed E-state index contributed by atoms with van der Waals surface area (Å²) in [5.74, 6) is 0. The first kappa shape index (κ1) is 20.7. The first-order chi connectivity index (χ1) is 15.4. The van der Waals surface area contributed by atoms with Gasteiger partial charge in [0.1, 0.15) is 0 Å². The molecule has 155 valence electrons. The van der Waals surface area contributed by atoms with Crippen molar-refractivity contribution >= 4 is 53.2 Å². The first-order valence-electron chi connectivity index (χ1n) is 9.95. The number of rotatable bonds is 1. The minimum atomic E-state index is 0. The fourth-order valence-corrected chi connectivity index (χ4v) is 5.18. The Morgan fingerprint density at radius 1 is 0.688 bits per heavy atom. The molecule has 0 aliphatic heterocycles. The number of fused-ring (bicyclic) bond motifs is 3. The summed E-state index contributed by atoms with van der Waals surface area (Å²) in [6, 6.07) is 29.0. The van der Waals surface area contributed by atoms with Crippen LogP contribution in [0.25, 0.3) is 53.1 Å². The molecule has 0 aliphatic carbocycles. The van der Waals surface area contributed by atoms with Crippen molar-refractivity contribution in [2.45, 2.75) is 0 Å². The predicted molar refractivity (Wildman–Crippen MR) is 128 cm³/mol. The summed E-state index contributed by atoms with van der Waals surface area (Å²) < 4.78 is 2.68. The quantitative estimate of drug-likeness (QED) is 0.150. The van der Waals surface area contributed by atoms with E-state index < -0.39 is 0 Å². The maximum absolute atomic E-state index is 4.58. The van der Waals surface area contributed by atoms with Crippen molar-refractivity contribution in [2.75, 3.05) is 0 Å². The van der Waals surface area contributed by atoms with Crippen molar-refractivity contribution in [1.82, 2.24) is 15.0 Å². The predicted octanol–water partition coefficient (Wildman–Crippen LogP) is 6.94. The maximum Gasteiger partial charge on any atom is 0.0251 e. The summed E-state index contributed by atoms with van der Waals surface area (Å²) in [5.41, 5.74) is 2.97. The summed E-state index contributed by atoms with van der Waals surface area (Å²) in [6.07, 6.45) is 7.01. The van der Waals surface area contributed by atoms with E-state index in [0.717, 1.165) is 22.2 Å². The van der Waals surface area contributed by atoms with Crippen molar-refractivity contribution in [3.05, 3.63) is 104 Å². The summed E-state index contributed by atoms with van der Waals surface area (Å²) in [6.45, 7) is 0. The third kappa shape index (κ3) is 3.45. The third-order valence-electron chi connectivity index (χ3n) is 5.35. The molecule has 7 aromatic rings. The number of benzene rings is 3. The van der Waals surface area contributed by atoms with E-state index in [-0.39, 0.29) is 20.1 Å². The van der Waals surface area contributed by atoms with Gasteiger partial charge in [0.25, 0.3) is 0 Å². The molecule has 7 rings (SSSR count). The van der Waals surface area contributed by atoms with E-state index in [4.69, 9.17) is 0 Å². The Morgan fingerprint density at radius 2 is 1.56 bits per heavy atom. The smallest absolute Gasteiger partial charge is 0.0251 e. The number of nitrogens with zero attached hydrogens (tertiary/aromatic N) is 3. The second-order valence-corrected chi connectivity index (χ2v) is 8.22. The molecular formula is C27H15IrN3S-2. The van der Waals surface area contributed by atoms with E-state index >= 15 is 0 Å². The summed E-state index contributed by atoms with van der Waals surface area (Å²) >= 11 is 1.85. The van der Waals surface area contributed by atoms with Crippen LogP contribution in [0.1, 0.15) is 0 Å². The molecule has 1 radical (unpaired) electrons. The molecule has 3 nitrogen and oxygen atoms in total. The zero-order valence-corrected chi connectivity index (χ0v) is 20.0. The Labute approximate surface area is 202 Å². The van der Waals surface area contributed by atoms with E-state index in [1.165, 1.54) is 30.9 Å². The van der Waals surface area contributed by atoms with Gasteiger partial charge >= 0.3 is 0 Å². The Morgan fingerprint density at radius 3 is 2.41 bits per heavy atom. The third-order valence-corrected chi connectivity index (χ3v) is 6.47. The molecule has 0 atom stereocenters. The van der Waals surface area contributed by atoms with E-state index in [2.05, 4.69) is 57.4 Å². The summed E-state index contributed by atoms with van der Waals surface area (Å²) in [5, 5.41) is 6.37. The van der Waals surface area contributed by atoms with Crippen LogP contribution in [0.4, 0.5) is 0 Å². The minimum absolute atomic E-state index is 0. The SMILES string of the molecule is [Ir].[c-]1ccc2sc3cccc4c5cccnc5c1c2c34.[c-]1cnccc1-c1ccccn1. The standard InChI is InChI=1S/C17H8NS.C10H7N2.Ir/c1-4-10-11-6-3-9-18-17(11)12-5-2-8-14-16(12)15(10)13(7-1)19-14;1-2-6-12-10(3-1)9-4-7-11-8-5-9;/h1-4,6-9H;1-4,6-8H;/q2*-1;. The van der Waals surface area contributed by atoms with Gasteiger partial charge < -0.3 is 9.97 Å². The fraction of sp³-hybridized carbons (Fsp3) is 0. The van der Waals surface area contributed by atoms with Crippen LogP contribution in [-0.4, -0.2) is 15.0 Å². The molecule has 0 bridgehead atoms. The van der Waals surface area contributed by atoms with Gasteiger partial charge in [0.2, 0.25) is 0 Å². The molecule has 0 saturated heterocycles. The second-order valence-electron chi connectivity index (χ2n) is 7.14. The van der Waals surface area contributed by atoms with Crippen LogP contribution >= 0.6 is 11.3 Å². The molecule has 4 heterocycles. The summed E-state index contributed by atoms with van der Waals surface area (Å²) in [4.78, 5) is 12.7. The molecule has 3 aromatic carbocycles. The molecular weight excluding hydrogens is 591 g/mol. The second kappa shape index (κ2) is 8.71. The van der Waals surface area contributed by atoms with E-state index in [0.29, 0.717) is 0 Å². The molecule has 0 N–H and O–H groups in total. The maximum atomic E-state index is 4.58. The zero-order chi connectivity index (χ0) is 20.6. The van der Waals surface area contributed by atoms with Gasteiger partial charge in [-0.05, 0) is 62.7 Å². The van der Waals surface area contributed by atoms with Crippen LogP contribution in [0.2, 0.25) is 0 Å². The van der Waals surface area contributed by atoms with Crippen molar-refractivity contribution < 1.29 is 20.1 Å². The van der Waals surface area contributed by atoms with E-state index in [1.54, 1.807) is 18.6 Å². The molecule has 0 unspecified atom stereocenters. The molecule has 4 aromatic heterocycles.